The molecule has 35 heavy (non-hydrogen) atoms. The molecule has 0 aliphatic carbocycles. The Balaban J connectivity index is 0.00000145. The Morgan fingerprint density at radius 1 is 0.971 bits per heavy atom. The van der Waals surface area contributed by atoms with E-state index in [-0.39, 0.29) is 11.9 Å². The molecule has 0 bridgehead atoms. The van der Waals surface area contributed by atoms with E-state index in [1.807, 2.05) is 39.8 Å². The molecular weight excluding hydrogens is 434 g/mol. The molecule has 1 amide bonds. The van der Waals surface area contributed by atoms with Crippen LogP contribution in [0.2, 0.25) is 0 Å². The predicted octanol–water partition coefficient (Wildman–Crippen LogP) is 7.83. The minimum atomic E-state index is -0.0921. The minimum absolute atomic E-state index is 0.0921. The lowest BCUT2D eigenvalue weighted by Crippen LogP contribution is -2.32. The number of aromatic amines is 1. The Hall–Kier alpha value is -2.89. The van der Waals surface area contributed by atoms with Gasteiger partial charge in [-0.05, 0) is 62.4 Å². The predicted molar refractivity (Wildman–Crippen MR) is 151 cm³/mol. The molecular formula is C29H47N5O. The second kappa shape index (κ2) is 16.7. The fourth-order valence-electron chi connectivity index (χ4n) is 3.55. The highest BCUT2D eigenvalue weighted by Gasteiger charge is 2.17. The number of benzene rings is 1. The van der Waals surface area contributed by atoms with Crippen LogP contribution < -0.4 is 10.6 Å². The SMILES string of the molecule is CC.CC.CCCCCNc1ccc(-c2nc3nccc(C(=O)NC(C)CCC(C)C)c3[nH]2)cc1. The van der Waals surface area contributed by atoms with Gasteiger partial charge in [0.15, 0.2) is 5.65 Å². The summed E-state index contributed by atoms with van der Waals surface area (Å²) in [5.74, 6) is 1.25. The zero-order valence-electron chi connectivity index (χ0n) is 23.2. The Kier molecular flexibility index (Phi) is 14.4. The number of nitrogens with zero attached hydrogens (tertiary/aromatic N) is 2. The van der Waals surface area contributed by atoms with Crippen LogP contribution in [-0.2, 0) is 0 Å². The smallest absolute Gasteiger partial charge is 0.253 e. The van der Waals surface area contributed by atoms with Crippen LogP contribution in [0.15, 0.2) is 36.5 Å². The molecule has 6 heteroatoms. The summed E-state index contributed by atoms with van der Waals surface area (Å²) in [5.41, 5.74) is 3.87. The van der Waals surface area contributed by atoms with Crippen LogP contribution >= 0.6 is 0 Å². The van der Waals surface area contributed by atoms with Gasteiger partial charge in [-0.2, -0.15) is 0 Å². The number of aromatic nitrogens is 3. The molecule has 6 nitrogen and oxygen atoms in total. The van der Waals surface area contributed by atoms with Crippen molar-refractivity contribution in [3.63, 3.8) is 0 Å². The molecule has 0 spiro atoms. The van der Waals surface area contributed by atoms with Gasteiger partial charge in [0.25, 0.3) is 5.91 Å². The van der Waals surface area contributed by atoms with E-state index in [0.29, 0.717) is 28.5 Å². The molecule has 0 aliphatic rings. The fraction of sp³-hybridized carbons (Fsp3) is 0.552. The molecule has 0 radical (unpaired) electrons. The summed E-state index contributed by atoms with van der Waals surface area (Å²) < 4.78 is 0. The van der Waals surface area contributed by atoms with Crippen LogP contribution in [0.25, 0.3) is 22.6 Å². The molecule has 0 saturated carbocycles. The number of hydrogen-bond acceptors (Lipinski definition) is 4. The molecule has 3 N–H and O–H groups in total. The number of amides is 1. The summed E-state index contributed by atoms with van der Waals surface area (Å²) in [4.78, 5) is 25.1. The van der Waals surface area contributed by atoms with E-state index in [0.717, 1.165) is 30.6 Å². The topological polar surface area (TPSA) is 82.7 Å². The first-order chi connectivity index (χ1) is 17.0. The molecule has 3 aromatic rings. The lowest BCUT2D eigenvalue weighted by molar-refractivity contribution is 0.0938. The van der Waals surface area contributed by atoms with Crippen molar-refractivity contribution in [2.45, 2.75) is 93.5 Å². The van der Waals surface area contributed by atoms with E-state index >= 15 is 0 Å². The van der Waals surface area contributed by atoms with E-state index in [1.54, 1.807) is 12.3 Å². The molecule has 2 heterocycles. The number of pyridine rings is 1. The molecule has 0 aliphatic heterocycles. The van der Waals surface area contributed by atoms with Gasteiger partial charge in [0.05, 0.1) is 11.1 Å². The molecule has 2 aromatic heterocycles. The van der Waals surface area contributed by atoms with Crippen molar-refractivity contribution in [2.75, 3.05) is 11.9 Å². The van der Waals surface area contributed by atoms with Crippen molar-refractivity contribution in [2.24, 2.45) is 5.92 Å². The standard InChI is InChI=1S/C25H35N5O.2C2H6/c1-5-6-7-15-26-20-12-10-19(11-13-20)23-29-22-21(14-16-27-24(22)30-23)25(31)28-18(4)9-8-17(2)3;2*1-2/h10-14,16-18,26H,5-9,15H2,1-4H3,(H,28,31)(H,27,29,30);2*1-2H3. The van der Waals surface area contributed by atoms with E-state index in [9.17, 15) is 4.79 Å². The van der Waals surface area contributed by atoms with Gasteiger partial charge in [0.1, 0.15) is 5.82 Å². The Morgan fingerprint density at radius 3 is 2.29 bits per heavy atom. The highest BCUT2D eigenvalue weighted by molar-refractivity contribution is 6.04. The van der Waals surface area contributed by atoms with Crippen LogP contribution in [-0.4, -0.2) is 33.4 Å². The third-order valence-corrected chi connectivity index (χ3v) is 5.46. The zero-order valence-corrected chi connectivity index (χ0v) is 23.2. The van der Waals surface area contributed by atoms with E-state index in [4.69, 9.17) is 0 Å². The maximum Gasteiger partial charge on any atom is 0.253 e. The van der Waals surface area contributed by atoms with Gasteiger partial charge >= 0.3 is 0 Å². The van der Waals surface area contributed by atoms with Crippen molar-refractivity contribution in [1.29, 1.82) is 0 Å². The Morgan fingerprint density at radius 2 is 1.66 bits per heavy atom. The third-order valence-electron chi connectivity index (χ3n) is 5.46. The molecule has 3 rings (SSSR count). The maximum absolute atomic E-state index is 12.9. The van der Waals surface area contributed by atoms with Crippen molar-refractivity contribution < 1.29 is 4.79 Å². The van der Waals surface area contributed by atoms with Crippen molar-refractivity contribution >= 4 is 22.8 Å². The highest BCUT2D eigenvalue weighted by Crippen LogP contribution is 2.23. The summed E-state index contributed by atoms with van der Waals surface area (Å²) in [6, 6.07) is 10.1. The van der Waals surface area contributed by atoms with E-state index in [2.05, 4.69) is 65.4 Å². The first kappa shape index (κ1) is 30.1. The van der Waals surface area contributed by atoms with Crippen LogP contribution in [0.3, 0.4) is 0 Å². The number of carbonyl (C=O) groups is 1. The minimum Gasteiger partial charge on any atom is -0.385 e. The van der Waals surface area contributed by atoms with Crippen LogP contribution in [0.1, 0.15) is 97.9 Å². The zero-order chi connectivity index (χ0) is 26.2. The lowest BCUT2D eigenvalue weighted by atomic mass is 10.0. The fourth-order valence-corrected chi connectivity index (χ4v) is 3.55. The van der Waals surface area contributed by atoms with Gasteiger partial charge in [-0.15, -0.1) is 0 Å². The first-order valence-corrected chi connectivity index (χ1v) is 13.5. The molecule has 1 unspecified atom stereocenters. The second-order valence-electron chi connectivity index (χ2n) is 8.70. The number of carbonyl (C=O) groups excluding carboxylic acids is 1. The number of hydrogen-bond donors (Lipinski definition) is 3. The molecule has 1 aromatic carbocycles. The normalized spacial score (nSPS) is 11.2. The van der Waals surface area contributed by atoms with Gasteiger partial charge in [-0.25, -0.2) is 9.97 Å². The van der Waals surface area contributed by atoms with Crippen molar-refractivity contribution in [3.8, 4) is 11.4 Å². The summed E-state index contributed by atoms with van der Waals surface area (Å²) in [6.45, 7) is 17.6. The second-order valence-corrected chi connectivity index (χ2v) is 8.70. The summed E-state index contributed by atoms with van der Waals surface area (Å²) in [6.07, 6.45) is 7.33. The Bertz CT molecular complexity index is 978. The average Bonchev–Trinajstić information content (AvgIpc) is 3.32. The number of unbranched alkanes of at least 4 members (excludes halogenated alkanes) is 2. The number of H-pyrrole nitrogens is 1. The van der Waals surface area contributed by atoms with E-state index in [1.165, 1.54) is 19.3 Å². The van der Waals surface area contributed by atoms with Crippen LogP contribution in [0.4, 0.5) is 5.69 Å². The largest absolute Gasteiger partial charge is 0.385 e. The summed E-state index contributed by atoms with van der Waals surface area (Å²) in [7, 11) is 0. The molecule has 1 atom stereocenters. The lowest BCUT2D eigenvalue weighted by Gasteiger charge is -2.15. The van der Waals surface area contributed by atoms with Crippen LogP contribution in [0, 0.1) is 5.92 Å². The average molecular weight is 482 g/mol. The summed E-state index contributed by atoms with van der Waals surface area (Å²) >= 11 is 0. The number of nitrogens with one attached hydrogen (secondary N) is 3. The monoisotopic (exact) mass is 481 g/mol. The Labute approximate surface area is 212 Å². The number of anilines is 1. The van der Waals surface area contributed by atoms with Crippen LogP contribution in [0.5, 0.6) is 0 Å². The maximum atomic E-state index is 12.9. The van der Waals surface area contributed by atoms with Gasteiger partial charge < -0.3 is 15.6 Å². The van der Waals surface area contributed by atoms with Gasteiger partial charge in [0, 0.05) is 30.0 Å². The quantitative estimate of drug-likeness (QED) is 0.244. The highest BCUT2D eigenvalue weighted by atomic mass is 16.1. The number of imidazole rings is 1. The number of fused-ring (bicyclic) bond motifs is 1. The third kappa shape index (κ3) is 9.71. The van der Waals surface area contributed by atoms with Crippen molar-refractivity contribution in [3.05, 3.63) is 42.1 Å². The van der Waals surface area contributed by atoms with Gasteiger partial charge in [-0.1, -0.05) is 61.3 Å². The molecule has 0 fully saturated rings. The first-order valence-electron chi connectivity index (χ1n) is 13.5. The van der Waals surface area contributed by atoms with Gasteiger partial charge in [0.2, 0.25) is 0 Å². The van der Waals surface area contributed by atoms with E-state index < -0.39 is 0 Å². The van der Waals surface area contributed by atoms with Gasteiger partial charge in [-0.3, -0.25) is 4.79 Å². The number of rotatable bonds is 11. The molecule has 194 valence electrons. The molecule has 0 saturated heterocycles. The summed E-state index contributed by atoms with van der Waals surface area (Å²) in [5, 5.41) is 6.55. The van der Waals surface area contributed by atoms with Crippen molar-refractivity contribution in [1.82, 2.24) is 20.3 Å².